The molecule has 1 aromatic rings. The highest BCUT2D eigenvalue weighted by atomic mass is 16.6. The Balaban J connectivity index is 2.92. The summed E-state index contributed by atoms with van der Waals surface area (Å²) in [5.41, 5.74) is 3.79. The molecule has 136 valence electrons. The summed E-state index contributed by atoms with van der Waals surface area (Å²) in [4.78, 5) is 45.3. The Kier molecular flexibility index (Phi) is 6.43. The molecule has 1 unspecified atom stereocenters. The molecule has 1 atom stereocenters. The Morgan fingerprint density at radius 1 is 1.28 bits per heavy atom. The van der Waals surface area contributed by atoms with E-state index in [2.05, 4.69) is 5.32 Å². The number of primary amides is 1. The highest BCUT2D eigenvalue weighted by Gasteiger charge is 2.29. The lowest BCUT2D eigenvalue weighted by molar-refractivity contribution is -0.385. The maximum Gasteiger partial charge on any atom is 0.408 e. The standard InChI is InChI=1S/C15H19N3O7/c1-15(2,3)25-14(21)17-9(8-12(16)19)13(20)24-11-7-5-4-6-10(11)18(22)23/h4-7,9H,8H2,1-3H3,(H2,16,19)(H,17,21). The Morgan fingerprint density at radius 3 is 2.40 bits per heavy atom. The fourth-order valence-corrected chi connectivity index (χ4v) is 1.72. The molecule has 10 heteroatoms. The number of carbonyl (C=O) groups excluding carboxylic acids is 3. The van der Waals surface area contributed by atoms with Crippen LogP contribution in [0, 0.1) is 10.1 Å². The van der Waals surface area contributed by atoms with Gasteiger partial charge in [-0.25, -0.2) is 9.59 Å². The number of benzene rings is 1. The molecule has 0 spiro atoms. The predicted octanol–water partition coefficient (Wildman–Crippen LogP) is 1.27. The van der Waals surface area contributed by atoms with Crippen molar-refractivity contribution in [1.29, 1.82) is 0 Å². The van der Waals surface area contributed by atoms with Gasteiger partial charge in [0.05, 0.1) is 11.3 Å². The van der Waals surface area contributed by atoms with Crippen molar-refractivity contribution in [3.05, 3.63) is 34.4 Å². The van der Waals surface area contributed by atoms with E-state index in [0.29, 0.717) is 0 Å². The van der Waals surface area contributed by atoms with Crippen molar-refractivity contribution in [2.45, 2.75) is 38.8 Å². The molecule has 1 rings (SSSR count). The molecule has 10 nitrogen and oxygen atoms in total. The van der Waals surface area contributed by atoms with Crippen molar-refractivity contribution in [1.82, 2.24) is 5.32 Å². The van der Waals surface area contributed by atoms with Gasteiger partial charge >= 0.3 is 17.7 Å². The van der Waals surface area contributed by atoms with E-state index in [1.807, 2.05) is 0 Å². The summed E-state index contributed by atoms with van der Waals surface area (Å²) in [5.74, 6) is -2.28. The second-order valence-corrected chi connectivity index (χ2v) is 6.02. The highest BCUT2D eigenvalue weighted by Crippen LogP contribution is 2.26. The van der Waals surface area contributed by atoms with Crippen LogP contribution in [0.1, 0.15) is 27.2 Å². The van der Waals surface area contributed by atoms with Gasteiger partial charge in [0, 0.05) is 6.07 Å². The first-order chi connectivity index (χ1) is 11.5. The van der Waals surface area contributed by atoms with Gasteiger partial charge in [-0.3, -0.25) is 14.9 Å². The number of hydrogen-bond acceptors (Lipinski definition) is 7. The Morgan fingerprint density at radius 2 is 1.88 bits per heavy atom. The van der Waals surface area contributed by atoms with Crippen LogP contribution in [0.3, 0.4) is 0 Å². The number of ether oxygens (including phenoxy) is 2. The topological polar surface area (TPSA) is 151 Å². The average Bonchev–Trinajstić information content (AvgIpc) is 2.44. The number of amides is 2. The van der Waals surface area contributed by atoms with E-state index in [1.165, 1.54) is 18.2 Å². The quantitative estimate of drug-likeness (QED) is 0.338. The number of nitro benzene ring substituents is 1. The molecule has 0 saturated carbocycles. The summed E-state index contributed by atoms with van der Waals surface area (Å²) in [6.07, 6.45) is -1.52. The van der Waals surface area contributed by atoms with Crippen LogP contribution < -0.4 is 15.8 Å². The van der Waals surface area contributed by atoms with Crippen molar-refractivity contribution in [3.8, 4) is 5.75 Å². The van der Waals surface area contributed by atoms with Crippen molar-refractivity contribution in [2.24, 2.45) is 5.73 Å². The maximum atomic E-state index is 12.2. The summed E-state index contributed by atoms with van der Waals surface area (Å²) < 4.78 is 9.94. The lowest BCUT2D eigenvalue weighted by Gasteiger charge is -2.22. The fraction of sp³-hybridized carbons (Fsp3) is 0.400. The molecular formula is C15H19N3O7. The Bertz CT molecular complexity index is 682. The van der Waals surface area contributed by atoms with E-state index < -0.39 is 46.6 Å². The molecule has 0 radical (unpaired) electrons. The van der Waals surface area contributed by atoms with Crippen LogP contribution in [0.5, 0.6) is 5.75 Å². The molecule has 3 N–H and O–H groups in total. The van der Waals surface area contributed by atoms with Crippen LogP contribution in [0.25, 0.3) is 0 Å². The molecule has 0 aliphatic heterocycles. The molecule has 0 aliphatic rings. The number of esters is 1. The SMILES string of the molecule is CC(C)(C)OC(=O)NC(CC(N)=O)C(=O)Oc1ccccc1[N+](=O)[O-]. The van der Waals surface area contributed by atoms with Crippen LogP contribution in [-0.4, -0.2) is 34.5 Å². The third-order valence-electron chi connectivity index (χ3n) is 2.65. The normalized spacial score (nSPS) is 12.0. The summed E-state index contributed by atoms with van der Waals surface area (Å²) in [6.45, 7) is 4.84. The minimum absolute atomic E-state index is 0.321. The molecule has 0 saturated heterocycles. The first-order valence-corrected chi connectivity index (χ1v) is 7.22. The van der Waals surface area contributed by atoms with Crippen molar-refractivity contribution in [3.63, 3.8) is 0 Å². The molecule has 0 aromatic heterocycles. The molecule has 1 aromatic carbocycles. The van der Waals surface area contributed by atoms with Crippen LogP contribution >= 0.6 is 0 Å². The highest BCUT2D eigenvalue weighted by molar-refractivity contribution is 5.88. The zero-order chi connectivity index (χ0) is 19.2. The number of nitrogens with one attached hydrogen (secondary N) is 1. The lowest BCUT2D eigenvalue weighted by atomic mass is 10.2. The van der Waals surface area contributed by atoms with Gasteiger partial charge in [-0.2, -0.15) is 0 Å². The van der Waals surface area contributed by atoms with Gasteiger partial charge in [-0.1, -0.05) is 12.1 Å². The number of nitro groups is 1. The van der Waals surface area contributed by atoms with Crippen LogP contribution in [0.2, 0.25) is 0 Å². The largest absolute Gasteiger partial charge is 0.444 e. The number of nitrogens with zero attached hydrogens (tertiary/aromatic N) is 1. The number of hydrogen-bond donors (Lipinski definition) is 2. The molecule has 2 amide bonds. The van der Waals surface area contributed by atoms with E-state index in [4.69, 9.17) is 15.2 Å². The maximum absolute atomic E-state index is 12.2. The summed E-state index contributed by atoms with van der Waals surface area (Å²) >= 11 is 0. The molecular weight excluding hydrogens is 334 g/mol. The van der Waals surface area contributed by atoms with E-state index in [-0.39, 0.29) is 5.75 Å². The first kappa shape index (κ1) is 19.9. The summed E-state index contributed by atoms with van der Waals surface area (Å²) in [7, 11) is 0. The predicted molar refractivity (Wildman–Crippen MR) is 85.7 cm³/mol. The lowest BCUT2D eigenvalue weighted by Crippen LogP contribution is -2.47. The third kappa shape index (κ3) is 6.85. The average molecular weight is 353 g/mol. The smallest absolute Gasteiger partial charge is 0.408 e. The third-order valence-corrected chi connectivity index (χ3v) is 2.65. The van der Waals surface area contributed by atoms with E-state index in [0.717, 1.165) is 6.07 Å². The first-order valence-electron chi connectivity index (χ1n) is 7.22. The summed E-state index contributed by atoms with van der Waals surface area (Å²) in [5, 5.41) is 13.1. The molecule has 0 bridgehead atoms. The van der Waals surface area contributed by atoms with E-state index in [1.54, 1.807) is 20.8 Å². The monoisotopic (exact) mass is 353 g/mol. The van der Waals surface area contributed by atoms with Crippen molar-refractivity contribution >= 4 is 23.7 Å². The number of para-hydroxylation sites is 2. The number of nitrogens with two attached hydrogens (primary N) is 1. The Hall–Kier alpha value is -3.17. The van der Waals surface area contributed by atoms with Crippen LogP contribution in [0.15, 0.2) is 24.3 Å². The second-order valence-electron chi connectivity index (χ2n) is 6.02. The van der Waals surface area contributed by atoms with Gasteiger partial charge in [-0.15, -0.1) is 0 Å². The Labute approximate surface area is 143 Å². The number of alkyl carbamates (subject to hydrolysis) is 1. The summed E-state index contributed by atoms with van der Waals surface area (Å²) in [6, 6.07) is 3.74. The van der Waals surface area contributed by atoms with Crippen LogP contribution in [-0.2, 0) is 14.3 Å². The van der Waals surface area contributed by atoms with Gasteiger partial charge in [-0.05, 0) is 26.8 Å². The zero-order valence-corrected chi connectivity index (χ0v) is 14.0. The molecule has 0 aliphatic carbocycles. The van der Waals surface area contributed by atoms with E-state index in [9.17, 15) is 24.5 Å². The fourth-order valence-electron chi connectivity index (χ4n) is 1.72. The number of carbonyl (C=O) groups is 3. The van der Waals surface area contributed by atoms with E-state index >= 15 is 0 Å². The van der Waals surface area contributed by atoms with Crippen molar-refractivity contribution in [2.75, 3.05) is 0 Å². The second kappa shape index (κ2) is 8.08. The molecule has 25 heavy (non-hydrogen) atoms. The van der Waals surface area contributed by atoms with Gasteiger partial charge in [0.25, 0.3) is 0 Å². The minimum Gasteiger partial charge on any atom is -0.444 e. The zero-order valence-electron chi connectivity index (χ0n) is 14.0. The van der Waals surface area contributed by atoms with Gasteiger partial charge in [0.2, 0.25) is 11.7 Å². The number of rotatable bonds is 6. The van der Waals surface area contributed by atoms with Gasteiger partial charge in [0.1, 0.15) is 11.6 Å². The van der Waals surface area contributed by atoms with Crippen molar-refractivity contribution < 1.29 is 28.8 Å². The molecule has 0 heterocycles. The van der Waals surface area contributed by atoms with Gasteiger partial charge in [0.15, 0.2) is 0 Å². The minimum atomic E-state index is -1.45. The van der Waals surface area contributed by atoms with Crippen LogP contribution in [0.4, 0.5) is 10.5 Å². The molecule has 0 fully saturated rings. The van der Waals surface area contributed by atoms with Gasteiger partial charge < -0.3 is 20.5 Å².